The van der Waals surface area contributed by atoms with E-state index >= 15 is 0 Å². The van der Waals surface area contributed by atoms with Crippen molar-refractivity contribution >= 4 is 23.2 Å². The molecule has 0 aliphatic carbocycles. The molecule has 19 heavy (non-hydrogen) atoms. The Morgan fingerprint density at radius 1 is 1.53 bits per heavy atom. The molecule has 5 heteroatoms. The van der Waals surface area contributed by atoms with E-state index in [-0.39, 0.29) is 11.9 Å². The molecule has 1 amide bonds. The summed E-state index contributed by atoms with van der Waals surface area (Å²) < 4.78 is 0. The Kier molecular flexibility index (Phi) is 4.80. The van der Waals surface area contributed by atoms with Crippen LogP contribution >= 0.6 is 11.6 Å². The predicted molar refractivity (Wildman–Crippen MR) is 78.3 cm³/mol. The molecule has 2 atom stereocenters. The maximum atomic E-state index is 11.9. The first-order valence-corrected chi connectivity index (χ1v) is 6.96. The third-order valence-electron chi connectivity index (χ3n) is 3.55. The molecule has 1 fully saturated rings. The normalized spacial score (nSPS) is 21.3. The Morgan fingerprint density at radius 2 is 2.21 bits per heavy atom. The highest BCUT2D eigenvalue weighted by atomic mass is 35.5. The van der Waals surface area contributed by atoms with Gasteiger partial charge in [-0.25, -0.2) is 0 Å². The molecule has 3 N–H and O–H groups in total. The SMILES string of the molecule is CC(N)C1CCN(CC(=O)Nc2ccc(Cl)cc2)C1. The number of anilines is 1. The number of amides is 1. The van der Waals surface area contributed by atoms with E-state index in [1.54, 1.807) is 24.3 Å². The van der Waals surface area contributed by atoms with E-state index in [0.717, 1.165) is 25.2 Å². The van der Waals surface area contributed by atoms with Crippen LogP contribution in [-0.2, 0) is 4.79 Å². The van der Waals surface area contributed by atoms with E-state index in [2.05, 4.69) is 10.2 Å². The molecule has 1 aliphatic heterocycles. The number of hydrogen-bond donors (Lipinski definition) is 2. The number of carbonyl (C=O) groups is 1. The summed E-state index contributed by atoms with van der Waals surface area (Å²) in [6.45, 7) is 4.31. The second-order valence-electron chi connectivity index (χ2n) is 5.20. The van der Waals surface area contributed by atoms with Gasteiger partial charge < -0.3 is 11.1 Å². The number of nitrogens with one attached hydrogen (secondary N) is 1. The van der Waals surface area contributed by atoms with Crippen LogP contribution in [0.15, 0.2) is 24.3 Å². The topological polar surface area (TPSA) is 58.4 Å². The minimum absolute atomic E-state index is 0.00708. The molecule has 104 valence electrons. The standard InChI is InChI=1S/C14H20ClN3O/c1-10(16)11-6-7-18(8-11)9-14(19)17-13-4-2-12(15)3-5-13/h2-5,10-11H,6-9,16H2,1H3,(H,17,19). The monoisotopic (exact) mass is 281 g/mol. The number of nitrogens with zero attached hydrogens (tertiary/aromatic N) is 1. The number of rotatable bonds is 4. The number of carbonyl (C=O) groups excluding carboxylic acids is 1. The van der Waals surface area contributed by atoms with Gasteiger partial charge in [-0.15, -0.1) is 0 Å². The van der Waals surface area contributed by atoms with Crippen LogP contribution < -0.4 is 11.1 Å². The molecule has 0 aromatic heterocycles. The molecule has 1 aromatic rings. The highest BCUT2D eigenvalue weighted by Gasteiger charge is 2.26. The lowest BCUT2D eigenvalue weighted by molar-refractivity contribution is -0.117. The van der Waals surface area contributed by atoms with Gasteiger partial charge in [-0.1, -0.05) is 11.6 Å². The Balaban J connectivity index is 1.80. The highest BCUT2D eigenvalue weighted by molar-refractivity contribution is 6.30. The van der Waals surface area contributed by atoms with E-state index < -0.39 is 0 Å². The van der Waals surface area contributed by atoms with Crippen LogP contribution in [0.1, 0.15) is 13.3 Å². The Hall–Kier alpha value is -1.10. The summed E-state index contributed by atoms with van der Waals surface area (Å²) in [5, 5.41) is 3.53. The number of benzene rings is 1. The summed E-state index contributed by atoms with van der Waals surface area (Å²) in [4.78, 5) is 14.1. The van der Waals surface area contributed by atoms with E-state index in [1.165, 1.54) is 0 Å². The van der Waals surface area contributed by atoms with Gasteiger partial charge in [0, 0.05) is 23.3 Å². The van der Waals surface area contributed by atoms with E-state index in [4.69, 9.17) is 17.3 Å². The zero-order valence-corrected chi connectivity index (χ0v) is 11.9. The zero-order chi connectivity index (χ0) is 13.8. The number of halogens is 1. The number of likely N-dealkylation sites (tertiary alicyclic amines) is 1. The lowest BCUT2D eigenvalue weighted by atomic mass is 10.0. The van der Waals surface area contributed by atoms with Gasteiger partial charge >= 0.3 is 0 Å². The molecule has 0 bridgehead atoms. The molecule has 0 saturated carbocycles. The maximum Gasteiger partial charge on any atom is 0.238 e. The second kappa shape index (κ2) is 6.37. The first kappa shape index (κ1) is 14.3. The van der Waals surface area contributed by atoms with Gasteiger partial charge in [-0.3, -0.25) is 9.69 Å². The zero-order valence-electron chi connectivity index (χ0n) is 11.1. The van der Waals surface area contributed by atoms with Gasteiger partial charge in [0.05, 0.1) is 6.54 Å². The maximum absolute atomic E-state index is 11.9. The molecule has 1 heterocycles. The molecular weight excluding hydrogens is 262 g/mol. The van der Waals surface area contributed by atoms with Crippen LogP contribution in [0.25, 0.3) is 0 Å². The summed E-state index contributed by atoms with van der Waals surface area (Å²) in [5.41, 5.74) is 6.66. The Morgan fingerprint density at radius 3 is 2.79 bits per heavy atom. The predicted octanol–water partition coefficient (Wildman–Crippen LogP) is 1.95. The van der Waals surface area contributed by atoms with E-state index in [1.807, 2.05) is 6.92 Å². The van der Waals surface area contributed by atoms with Crippen LogP contribution in [0.3, 0.4) is 0 Å². The van der Waals surface area contributed by atoms with Crippen molar-refractivity contribution < 1.29 is 4.79 Å². The van der Waals surface area contributed by atoms with Crippen molar-refractivity contribution in [1.29, 1.82) is 0 Å². The third kappa shape index (κ3) is 4.20. The van der Waals surface area contributed by atoms with Crippen molar-refractivity contribution in [3.63, 3.8) is 0 Å². The highest BCUT2D eigenvalue weighted by Crippen LogP contribution is 2.18. The second-order valence-corrected chi connectivity index (χ2v) is 5.63. The average molecular weight is 282 g/mol. The van der Waals surface area contributed by atoms with Crippen molar-refractivity contribution in [3.8, 4) is 0 Å². The van der Waals surface area contributed by atoms with Gasteiger partial charge in [0.25, 0.3) is 0 Å². The lowest BCUT2D eigenvalue weighted by Gasteiger charge is -2.17. The molecule has 1 saturated heterocycles. The summed E-state index contributed by atoms with van der Waals surface area (Å²) in [6.07, 6.45) is 1.08. The molecule has 2 unspecified atom stereocenters. The van der Waals surface area contributed by atoms with Crippen molar-refractivity contribution in [3.05, 3.63) is 29.3 Å². The van der Waals surface area contributed by atoms with Crippen LogP contribution in [0.5, 0.6) is 0 Å². The minimum atomic E-state index is 0.00708. The molecule has 0 spiro atoms. The Labute approximate surface area is 118 Å². The third-order valence-corrected chi connectivity index (χ3v) is 3.80. The molecule has 1 aromatic carbocycles. The largest absolute Gasteiger partial charge is 0.328 e. The smallest absolute Gasteiger partial charge is 0.238 e. The quantitative estimate of drug-likeness (QED) is 0.887. The first-order chi connectivity index (χ1) is 9.04. The molecule has 0 radical (unpaired) electrons. The van der Waals surface area contributed by atoms with E-state index in [9.17, 15) is 4.79 Å². The fourth-order valence-electron chi connectivity index (χ4n) is 2.37. The van der Waals surface area contributed by atoms with Crippen LogP contribution in [0.4, 0.5) is 5.69 Å². The van der Waals surface area contributed by atoms with Crippen LogP contribution in [0.2, 0.25) is 5.02 Å². The number of hydrogen-bond acceptors (Lipinski definition) is 3. The Bertz CT molecular complexity index is 433. The van der Waals surface area contributed by atoms with Gasteiger partial charge in [-0.05, 0) is 50.1 Å². The average Bonchev–Trinajstić information content (AvgIpc) is 2.80. The van der Waals surface area contributed by atoms with Crippen LogP contribution in [0, 0.1) is 5.92 Å². The van der Waals surface area contributed by atoms with Crippen LogP contribution in [-0.4, -0.2) is 36.5 Å². The van der Waals surface area contributed by atoms with Gasteiger partial charge in [0.15, 0.2) is 0 Å². The summed E-state index contributed by atoms with van der Waals surface area (Å²) >= 11 is 5.80. The van der Waals surface area contributed by atoms with Crippen molar-refractivity contribution in [2.24, 2.45) is 11.7 Å². The van der Waals surface area contributed by atoms with E-state index in [0.29, 0.717) is 17.5 Å². The van der Waals surface area contributed by atoms with Gasteiger partial charge in [0.2, 0.25) is 5.91 Å². The number of nitrogens with two attached hydrogens (primary N) is 1. The lowest BCUT2D eigenvalue weighted by Crippen LogP contribution is -2.34. The van der Waals surface area contributed by atoms with Crippen molar-refractivity contribution in [2.45, 2.75) is 19.4 Å². The van der Waals surface area contributed by atoms with Gasteiger partial charge in [-0.2, -0.15) is 0 Å². The van der Waals surface area contributed by atoms with Crippen molar-refractivity contribution in [1.82, 2.24) is 4.90 Å². The molecular formula is C14H20ClN3O. The van der Waals surface area contributed by atoms with Crippen molar-refractivity contribution in [2.75, 3.05) is 25.0 Å². The fourth-order valence-corrected chi connectivity index (χ4v) is 2.50. The molecule has 2 rings (SSSR count). The first-order valence-electron chi connectivity index (χ1n) is 6.58. The molecule has 1 aliphatic rings. The minimum Gasteiger partial charge on any atom is -0.328 e. The fraction of sp³-hybridized carbons (Fsp3) is 0.500. The summed E-state index contributed by atoms with van der Waals surface area (Å²) in [7, 11) is 0. The summed E-state index contributed by atoms with van der Waals surface area (Å²) in [6, 6.07) is 7.33. The summed E-state index contributed by atoms with van der Waals surface area (Å²) in [5.74, 6) is 0.510. The molecule has 4 nitrogen and oxygen atoms in total. The van der Waals surface area contributed by atoms with Gasteiger partial charge in [0.1, 0.15) is 0 Å².